The van der Waals surface area contributed by atoms with E-state index < -0.39 is 46.2 Å². The molecule has 9 nitrogen and oxygen atoms in total. The first kappa shape index (κ1) is 16.2. The Hall–Kier alpha value is -3.18. The van der Waals surface area contributed by atoms with Crippen molar-refractivity contribution in [2.24, 2.45) is 0 Å². The maximum Gasteiger partial charge on any atom is 0.417 e. The summed E-state index contributed by atoms with van der Waals surface area (Å²) in [4.78, 5) is 34.7. The van der Waals surface area contributed by atoms with Crippen LogP contribution in [0.1, 0.15) is 5.56 Å². The van der Waals surface area contributed by atoms with Crippen LogP contribution in [0.2, 0.25) is 0 Å². The minimum atomic E-state index is -4.69. The minimum absolute atomic E-state index is 0.481. The van der Waals surface area contributed by atoms with E-state index in [1.807, 2.05) is 10.3 Å². The molecule has 0 saturated heterocycles. The number of pyridine rings is 1. The van der Waals surface area contributed by atoms with Gasteiger partial charge in [-0.1, -0.05) is 0 Å². The van der Waals surface area contributed by atoms with Gasteiger partial charge in [0.1, 0.15) is 12.2 Å². The third-order valence-corrected chi connectivity index (χ3v) is 2.62. The van der Waals surface area contributed by atoms with Gasteiger partial charge in [-0.2, -0.15) is 17.9 Å². The fourth-order valence-electron chi connectivity index (χ4n) is 1.61. The van der Waals surface area contributed by atoms with E-state index in [1.54, 1.807) is 0 Å². The van der Waals surface area contributed by atoms with Crippen LogP contribution in [0.3, 0.4) is 0 Å². The molecule has 2 aromatic rings. The third-order valence-electron chi connectivity index (χ3n) is 2.62. The first-order valence-corrected chi connectivity index (χ1v) is 5.94. The first-order valence-electron chi connectivity index (χ1n) is 5.94. The number of nitrogens with zero attached hydrogens (tertiary/aromatic N) is 3. The van der Waals surface area contributed by atoms with Crippen LogP contribution in [0, 0.1) is 10.1 Å². The van der Waals surface area contributed by atoms with Gasteiger partial charge in [-0.3, -0.25) is 9.59 Å². The number of aromatic amines is 1. The van der Waals surface area contributed by atoms with Gasteiger partial charge in [0.15, 0.2) is 0 Å². The van der Waals surface area contributed by atoms with Crippen molar-refractivity contribution in [2.45, 2.75) is 12.7 Å². The fourth-order valence-corrected chi connectivity index (χ4v) is 1.61. The predicted octanol–water partition coefficient (Wildman–Crippen LogP) is 1.14. The van der Waals surface area contributed by atoms with E-state index in [0.717, 1.165) is 16.9 Å². The Morgan fingerprint density at radius 3 is 2.74 bits per heavy atom. The number of hydrogen-bond donors (Lipinski definition) is 2. The van der Waals surface area contributed by atoms with E-state index in [0.29, 0.717) is 12.3 Å². The zero-order chi connectivity index (χ0) is 17.2. The quantitative estimate of drug-likeness (QED) is 0.642. The SMILES string of the molecule is O=C(Cn1ccc([N+](=O)[O-])n1)Nc1cc(C(F)(F)F)c[nH]c1=O. The Kier molecular flexibility index (Phi) is 4.16. The molecular formula is C11H8F3N5O4. The molecule has 1 amide bonds. The van der Waals surface area contributed by atoms with Gasteiger partial charge in [0.25, 0.3) is 5.56 Å². The standard InChI is InChI=1S/C11H8F3N5O4/c12-11(13,14)6-3-7(10(21)15-4-6)16-9(20)5-18-2-1-8(17-18)19(22)23/h1-4H,5H2,(H,15,21)(H,16,20). The van der Waals surface area contributed by atoms with Gasteiger partial charge in [0.2, 0.25) is 5.91 Å². The number of aromatic nitrogens is 3. The molecule has 122 valence electrons. The molecule has 12 heteroatoms. The number of carbonyl (C=O) groups excluding carboxylic acids is 1. The second-order valence-corrected chi connectivity index (χ2v) is 4.31. The van der Waals surface area contributed by atoms with Crippen LogP contribution in [0.25, 0.3) is 0 Å². The fraction of sp³-hybridized carbons (Fsp3) is 0.182. The van der Waals surface area contributed by atoms with Gasteiger partial charge >= 0.3 is 12.0 Å². The van der Waals surface area contributed by atoms with E-state index in [4.69, 9.17) is 0 Å². The highest BCUT2D eigenvalue weighted by Gasteiger charge is 2.31. The summed E-state index contributed by atoms with van der Waals surface area (Å²) in [5.74, 6) is -1.36. The first-order chi connectivity index (χ1) is 10.7. The molecule has 2 N–H and O–H groups in total. The topological polar surface area (TPSA) is 123 Å². The number of halogens is 3. The van der Waals surface area contributed by atoms with Crippen LogP contribution in [0.5, 0.6) is 0 Å². The van der Waals surface area contributed by atoms with Crippen LogP contribution < -0.4 is 10.9 Å². The van der Waals surface area contributed by atoms with Gasteiger partial charge in [-0.05, 0) is 11.0 Å². The molecule has 2 rings (SSSR count). The van der Waals surface area contributed by atoms with Crippen molar-refractivity contribution in [1.29, 1.82) is 0 Å². The van der Waals surface area contributed by atoms with Crippen molar-refractivity contribution in [3.63, 3.8) is 0 Å². The highest BCUT2D eigenvalue weighted by atomic mass is 19.4. The second kappa shape index (κ2) is 5.90. The molecule has 0 aliphatic rings. The van der Waals surface area contributed by atoms with Crippen molar-refractivity contribution in [3.05, 3.63) is 50.6 Å². The van der Waals surface area contributed by atoms with Gasteiger partial charge < -0.3 is 20.4 Å². The Bertz CT molecular complexity index is 810. The normalized spacial score (nSPS) is 11.3. The Morgan fingerprint density at radius 2 is 2.17 bits per heavy atom. The molecule has 23 heavy (non-hydrogen) atoms. The van der Waals surface area contributed by atoms with E-state index in [9.17, 15) is 32.9 Å². The monoisotopic (exact) mass is 331 g/mol. The maximum absolute atomic E-state index is 12.5. The summed E-state index contributed by atoms with van der Waals surface area (Å²) < 4.78 is 38.6. The smallest absolute Gasteiger partial charge is 0.358 e. The number of H-pyrrole nitrogens is 1. The van der Waals surface area contributed by atoms with Crippen LogP contribution in [0.15, 0.2) is 29.3 Å². The Balaban J connectivity index is 2.13. The molecule has 0 unspecified atom stereocenters. The summed E-state index contributed by atoms with van der Waals surface area (Å²) in [7, 11) is 0. The number of nitro groups is 1. The van der Waals surface area contributed by atoms with E-state index >= 15 is 0 Å². The lowest BCUT2D eigenvalue weighted by Gasteiger charge is -2.08. The van der Waals surface area contributed by atoms with Crippen molar-refractivity contribution in [3.8, 4) is 0 Å². The van der Waals surface area contributed by atoms with E-state index in [-0.39, 0.29) is 0 Å². The van der Waals surface area contributed by atoms with Crippen molar-refractivity contribution in [2.75, 3.05) is 5.32 Å². The molecule has 2 aromatic heterocycles. The van der Waals surface area contributed by atoms with E-state index in [2.05, 4.69) is 5.10 Å². The number of hydrogen-bond acceptors (Lipinski definition) is 5. The number of alkyl halides is 3. The number of nitrogens with one attached hydrogen (secondary N) is 2. The molecule has 0 spiro atoms. The largest absolute Gasteiger partial charge is 0.417 e. The molecule has 0 aliphatic carbocycles. The molecule has 0 radical (unpaired) electrons. The zero-order valence-electron chi connectivity index (χ0n) is 11.1. The molecule has 0 aromatic carbocycles. The summed E-state index contributed by atoms with van der Waals surface area (Å²) >= 11 is 0. The molecule has 0 aliphatic heterocycles. The molecule has 0 fully saturated rings. The summed E-state index contributed by atoms with van der Waals surface area (Å²) in [5.41, 5.74) is -2.65. The number of rotatable bonds is 4. The van der Waals surface area contributed by atoms with Crippen molar-refractivity contribution < 1.29 is 22.9 Å². The Morgan fingerprint density at radius 1 is 1.48 bits per heavy atom. The van der Waals surface area contributed by atoms with Gasteiger partial charge in [-0.15, -0.1) is 0 Å². The minimum Gasteiger partial charge on any atom is -0.358 e. The summed E-state index contributed by atoms with van der Waals surface area (Å²) in [6.45, 7) is -0.510. The lowest BCUT2D eigenvalue weighted by atomic mass is 10.2. The number of amides is 1. The highest BCUT2D eigenvalue weighted by Crippen LogP contribution is 2.29. The highest BCUT2D eigenvalue weighted by molar-refractivity contribution is 5.90. The molecule has 0 bridgehead atoms. The number of anilines is 1. The van der Waals surface area contributed by atoms with Crippen LogP contribution in [-0.4, -0.2) is 25.6 Å². The lowest BCUT2D eigenvalue weighted by Crippen LogP contribution is -2.24. The zero-order valence-corrected chi connectivity index (χ0v) is 11.1. The molecule has 0 saturated carbocycles. The average molecular weight is 331 g/mol. The van der Waals surface area contributed by atoms with Crippen LogP contribution in [0.4, 0.5) is 24.7 Å². The van der Waals surface area contributed by atoms with Crippen LogP contribution in [-0.2, 0) is 17.5 Å². The number of carbonyl (C=O) groups is 1. The Labute approximate surface area is 124 Å². The summed E-state index contributed by atoms with van der Waals surface area (Å²) in [6.07, 6.45) is -3.06. The maximum atomic E-state index is 12.5. The van der Waals surface area contributed by atoms with Crippen LogP contribution >= 0.6 is 0 Å². The molecule has 0 atom stereocenters. The average Bonchev–Trinajstić information content (AvgIpc) is 2.88. The summed E-state index contributed by atoms with van der Waals surface area (Å²) in [5, 5.41) is 15.9. The van der Waals surface area contributed by atoms with Gasteiger partial charge in [0.05, 0.1) is 22.9 Å². The van der Waals surface area contributed by atoms with E-state index in [1.165, 1.54) is 0 Å². The summed E-state index contributed by atoms with van der Waals surface area (Å²) in [6, 6.07) is 1.53. The second-order valence-electron chi connectivity index (χ2n) is 4.31. The van der Waals surface area contributed by atoms with Crippen molar-refractivity contribution >= 4 is 17.4 Å². The molecule has 2 heterocycles. The van der Waals surface area contributed by atoms with Gasteiger partial charge in [-0.25, -0.2) is 0 Å². The predicted molar refractivity (Wildman–Crippen MR) is 69.6 cm³/mol. The molecular weight excluding hydrogens is 323 g/mol. The van der Waals surface area contributed by atoms with Gasteiger partial charge in [0, 0.05) is 6.20 Å². The lowest BCUT2D eigenvalue weighted by molar-refractivity contribution is -0.389. The third kappa shape index (κ3) is 3.93. The van der Waals surface area contributed by atoms with Crippen molar-refractivity contribution in [1.82, 2.24) is 14.8 Å².